The third-order valence-corrected chi connectivity index (χ3v) is 3.82. The lowest BCUT2D eigenvalue weighted by atomic mass is 9.99. The number of rotatable bonds is 10. The van der Waals surface area contributed by atoms with Crippen molar-refractivity contribution in [2.45, 2.75) is 37.3 Å². The molecule has 138 valence electrons. The van der Waals surface area contributed by atoms with Crippen molar-refractivity contribution in [3.05, 3.63) is 61.2 Å². The van der Waals surface area contributed by atoms with Gasteiger partial charge in [-0.05, 0) is 5.56 Å². The standard InChI is InChI=1S/C19H26O6/c1-3-10-22-13-15-16(20)18(23-11-4-2)17(21)19(25-15)24-12-14-8-6-5-7-9-14/h3-9,15-21H,1-2,10-13H2/t15-,16+,17-,18+,19+/m1/s1. The van der Waals surface area contributed by atoms with Gasteiger partial charge in [0.15, 0.2) is 6.29 Å². The first kappa shape index (κ1) is 19.8. The van der Waals surface area contributed by atoms with Crippen molar-refractivity contribution in [3.63, 3.8) is 0 Å². The van der Waals surface area contributed by atoms with Crippen LogP contribution in [0.25, 0.3) is 0 Å². The molecule has 0 aliphatic carbocycles. The van der Waals surface area contributed by atoms with Gasteiger partial charge in [0.25, 0.3) is 0 Å². The molecule has 1 fully saturated rings. The lowest BCUT2D eigenvalue weighted by molar-refractivity contribution is -0.310. The molecule has 25 heavy (non-hydrogen) atoms. The van der Waals surface area contributed by atoms with Gasteiger partial charge in [0, 0.05) is 0 Å². The van der Waals surface area contributed by atoms with Crippen molar-refractivity contribution in [3.8, 4) is 0 Å². The second kappa shape index (κ2) is 10.5. The van der Waals surface area contributed by atoms with E-state index in [-0.39, 0.29) is 19.8 Å². The lowest BCUT2D eigenvalue weighted by Gasteiger charge is -2.42. The zero-order chi connectivity index (χ0) is 18.1. The quantitative estimate of drug-likeness (QED) is 0.491. The predicted molar refractivity (Wildman–Crippen MR) is 92.9 cm³/mol. The molecule has 0 saturated carbocycles. The zero-order valence-electron chi connectivity index (χ0n) is 14.2. The van der Waals surface area contributed by atoms with E-state index in [1.165, 1.54) is 0 Å². The summed E-state index contributed by atoms with van der Waals surface area (Å²) in [5.41, 5.74) is 0.951. The number of ether oxygens (including phenoxy) is 4. The summed E-state index contributed by atoms with van der Waals surface area (Å²) in [5.74, 6) is 0. The van der Waals surface area contributed by atoms with Crippen molar-refractivity contribution >= 4 is 0 Å². The van der Waals surface area contributed by atoms with E-state index in [1.54, 1.807) is 12.2 Å². The molecule has 0 radical (unpaired) electrons. The molecule has 0 amide bonds. The van der Waals surface area contributed by atoms with Crippen LogP contribution in [0.5, 0.6) is 0 Å². The van der Waals surface area contributed by atoms with Gasteiger partial charge in [-0.1, -0.05) is 42.5 Å². The molecule has 0 bridgehead atoms. The minimum atomic E-state index is -1.13. The molecule has 2 N–H and O–H groups in total. The maximum atomic E-state index is 10.5. The molecule has 5 atom stereocenters. The Labute approximate surface area is 148 Å². The van der Waals surface area contributed by atoms with Crippen LogP contribution in [0, 0.1) is 0 Å². The minimum Gasteiger partial charge on any atom is -0.387 e. The molecule has 1 heterocycles. The van der Waals surface area contributed by atoms with Crippen LogP contribution in [0.15, 0.2) is 55.6 Å². The molecule has 6 nitrogen and oxygen atoms in total. The average molecular weight is 350 g/mol. The van der Waals surface area contributed by atoms with Crippen LogP contribution < -0.4 is 0 Å². The summed E-state index contributed by atoms with van der Waals surface area (Å²) in [6.07, 6.45) is -1.48. The fraction of sp³-hybridized carbons (Fsp3) is 0.474. The Hall–Kier alpha value is -1.54. The maximum Gasteiger partial charge on any atom is 0.187 e. The van der Waals surface area contributed by atoms with Crippen molar-refractivity contribution in [2.24, 2.45) is 0 Å². The first-order chi connectivity index (χ1) is 12.2. The molecule has 0 unspecified atom stereocenters. The SMILES string of the molecule is C=CCOC[C@H]1O[C@H](OCc2ccccc2)[C@H](O)[C@@H](OCC=C)[C@H]1O. The Morgan fingerprint density at radius 2 is 1.72 bits per heavy atom. The van der Waals surface area contributed by atoms with Gasteiger partial charge in [0.2, 0.25) is 0 Å². The molecule has 1 aromatic rings. The van der Waals surface area contributed by atoms with E-state index in [9.17, 15) is 10.2 Å². The zero-order valence-corrected chi connectivity index (χ0v) is 14.2. The van der Waals surface area contributed by atoms with E-state index >= 15 is 0 Å². The van der Waals surface area contributed by atoms with Crippen molar-refractivity contribution in [1.29, 1.82) is 0 Å². The van der Waals surface area contributed by atoms with Crippen molar-refractivity contribution in [2.75, 3.05) is 19.8 Å². The number of hydrogen-bond donors (Lipinski definition) is 2. The first-order valence-corrected chi connectivity index (χ1v) is 8.25. The third-order valence-electron chi connectivity index (χ3n) is 3.82. The van der Waals surface area contributed by atoms with E-state index < -0.39 is 30.7 Å². The van der Waals surface area contributed by atoms with Crippen LogP contribution in [-0.4, -0.2) is 60.7 Å². The molecule has 1 aliphatic heterocycles. The second-order valence-corrected chi connectivity index (χ2v) is 5.73. The molecule has 0 spiro atoms. The number of aliphatic hydroxyl groups is 2. The van der Waals surface area contributed by atoms with Crippen molar-refractivity contribution in [1.82, 2.24) is 0 Å². The topological polar surface area (TPSA) is 77.4 Å². The van der Waals surface area contributed by atoms with Gasteiger partial charge in [0.05, 0.1) is 26.4 Å². The molecule has 6 heteroatoms. The highest BCUT2D eigenvalue weighted by Crippen LogP contribution is 2.25. The van der Waals surface area contributed by atoms with Crippen molar-refractivity contribution < 1.29 is 29.2 Å². The first-order valence-electron chi connectivity index (χ1n) is 8.25. The van der Waals surface area contributed by atoms with Gasteiger partial charge in [-0.15, -0.1) is 13.2 Å². The fourth-order valence-electron chi connectivity index (χ4n) is 2.57. The maximum absolute atomic E-state index is 10.5. The highest BCUT2D eigenvalue weighted by molar-refractivity contribution is 5.13. The number of hydrogen-bond acceptors (Lipinski definition) is 6. The highest BCUT2D eigenvalue weighted by atomic mass is 16.7. The van der Waals surface area contributed by atoms with Crippen LogP contribution in [-0.2, 0) is 25.6 Å². The molecule has 0 aromatic heterocycles. The summed E-state index contributed by atoms with van der Waals surface area (Å²) in [7, 11) is 0. The average Bonchev–Trinajstić information content (AvgIpc) is 2.63. The van der Waals surface area contributed by atoms with Crippen LogP contribution in [0.2, 0.25) is 0 Å². The molecular weight excluding hydrogens is 324 g/mol. The summed E-state index contributed by atoms with van der Waals surface area (Å²) in [4.78, 5) is 0. The van der Waals surface area contributed by atoms with E-state index in [1.807, 2.05) is 30.3 Å². The fourth-order valence-corrected chi connectivity index (χ4v) is 2.57. The summed E-state index contributed by atoms with van der Waals surface area (Å²) in [6.45, 7) is 8.11. The van der Waals surface area contributed by atoms with Gasteiger partial charge >= 0.3 is 0 Å². The summed E-state index contributed by atoms with van der Waals surface area (Å²) in [5, 5.41) is 20.9. The molecule has 1 aromatic carbocycles. The summed E-state index contributed by atoms with van der Waals surface area (Å²) < 4.78 is 22.3. The van der Waals surface area contributed by atoms with Crippen LogP contribution >= 0.6 is 0 Å². The van der Waals surface area contributed by atoms with Gasteiger partial charge in [-0.3, -0.25) is 0 Å². The Balaban J connectivity index is 2.01. The monoisotopic (exact) mass is 350 g/mol. The Bertz CT molecular complexity index is 520. The molecular formula is C19H26O6. The van der Waals surface area contributed by atoms with Crippen LogP contribution in [0.4, 0.5) is 0 Å². The lowest BCUT2D eigenvalue weighted by Crippen LogP contribution is -2.60. The predicted octanol–water partition coefficient (Wildman–Crippen LogP) is 1.42. The minimum absolute atomic E-state index is 0.138. The van der Waals surface area contributed by atoms with E-state index in [0.717, 1.165) is 5.56 Å². The number of aliphatic hydroxyl groups excluding tert-OH is 2. The molecule has 1 saturated heterocycles. The van der Waals surface area contributed by atoms with Gasteiger partial charge in [-0.25, -0.2) is 0 Å². The second-order valence-electron chi connectivity index (χ2n) is 5.73. The largest absolute Gasteiger partial charge is 0.387 e. The van der Waals surface area contributed by atoms with E-state index in [0.29, 0.717) is 6.61 Å². The summed E-state index contributed by atoms with van der Waals surface area (Å²) in [6, 6.07) is 9.56. The van der Waals surface area contributed by atoms with E-state index in [2.05, 4.69) is 13.2 Å². The normalized spacial score (nSPS) is 29.3. The smallest absolute Gasteiger partial charge is 0.187 e. The molecule has 2 rings (SSSR count). The Morgan fingerprint density at radius 3 is 2.40 bits per heavy atom. The third kappa shape index (κ3) is 5.74. The molecule has 1 aliphatic rings. The Morgan fingerprint density at radius 1 is 1.00 bits per heavy atom. The van der Waals surface area contributed by atoms with Crippen LogP contribution in [0.1, 0.15) is 5.56 Å². The van der Waals surface area contributed by atoms with Gasteiger partial charge < -0.3 is 29.2 Å². The van der Waals surface area contributed by atoms with Gasteiger partial charge in [-0.2, -0.15) is 0 Å². The Kier molecular flexibility index (Phi) is 8.27. The summed E-state index contributed by atoms with van der Waals surface area (Å²) >= 11 is 0. The van der Waals surface area contributed by atoms with E-state index in [4.69, 9.17) is 18.9 Å². The van der Waals surface area contributed by atoms with Gasteiger partial charge in [0.1, 0.15) is 24.4 Å². The number of benzene rings is 1. The van der Waals surface area contributed by atoms with Crippen LogP contribution in [0.3, 0.4) is 0 Å². The highest BCUT2D eigenvalue weighted by Gasteiger charge is 2.45.